The van der Waals surface area contributed by atoms with Gasteiger partial charge in [-0.3, -0.25) is 14.7 Å². The van der Waals surface area contributed by atoms with Gasteiger partial charge in [-0.15, -0.1) is 0 Å². The first-order valence-electron chi connectivity index (χ1n) is 21.5. The first kappa shape index (κ1) is 42.2. The van der Waals surface area contributed by atoms with Gasteiger partial charge in [0.05, 0.1) is 30.1 Å². The molecule has 2 aromatic heterocycles. The van der Waals surface area contributed by atoms with Gasteiger partial charge in [0.1, 0.15) is 53.0 Å². The number of benzene rings is 3. The average molecular weight is 866 g/mol. The molecule has 4 aliphatic rings. The van der Waals surface area contributed by atoms with Gasteiger partial charge >= 0.3 is 12.1 Å². The zero-order valence-electron chi connectivity index (χ0n) is 34.9. The number of amides is 1. The second kappa shape index (κ2) is 17.2. The Hall–Kier alpha value is -6.08. The predicted octanol–water partition coefficient (Wildman–Crippen LogP) is 8.03. The van der Waals surface area contributed by atoms with E-state index >= 15 is 13.2 Å². The largest absolute Gasteiger partial charge is 0.468 e. The number of piperidine rings is 1. The number of fused-ring (bicyclic) bond motifs is 3. The van der Waals surface area contributed by atoms with Crippen molar-refractivity contribution in [1.82, 2.24) is 24.8 Å². The quantitative estimate of drug-likeness (QED) is 0.0686. The maximum atomic E-state index is 17.6. The molecule has 3 aromatic carbocycles. The highest BCUT2D eigenvalue weighted by Gasteiger charge is 2.49. The van der Waals surface area contributed by atoms with E-state index < -0.39 is 41.0 Å². The first-order chi connectivity index (χ1) is 30.5. The molecule has 0 spiro atoms. The fraction of sp³-hybridized carbons (Fsp3) is 0.447. The van der Waals surface area contributed by atoms with Gasteiger partial charge in [-0.2, -0.15) is 15.2 Å². The molecule has 4 aliphatic heterocycles. The topological polar surface area (TPSA) is 134 Å². The minimum Gasteiger partial charge on any atom is -0.468 e. The molecule has 63 heavy (non-hydrogen) atoms. The Kier molecular flexibility index (Phi) is 11.6. The summed E-state index contributed by atoms with van der Waals surface area (Å²) < 4.78 is 80.5. The second-order valence-electron chi connectivity index (χ2n) is 17.5. The summed E-state index contributed by atoms with van der Waals surface area (Å²) in [6.45, 7) is 4.15. The third kappa shape index (κ3) is 8.07. The minimum absolute atomic E-state index is 0.00681. The van der Waals surface area contributed by atoms with Crippen LogP contribution in [0.2, 0.25) is 0 Å². The van der Waals surface area contributed by atoms with E-state index in [1.54, 1.807) is 11.0 Å². The molecule has 1 amide bonds. The zero-order chi connectivity index (χ0) is 43.9. The molecule has 5 aromatic rings. The third-order valence-electron chi connectivity index (χ3n) is 13.2. The van der Waals surface area contributed by atoms with Crippen molar-refractivity contribution in [3.05, 3.63) is 83.6 Å². The monoisotopic (exact) mass is 865 g/mol. The van der Waals surface area contributed by atoms with E-state index in [9.17, 15) is 19.2 Å². The van der Waals surface area contributed by atoms with Gasteiger partial charge < -0.3 is 24.0 Å². The van der Waals surface area contributed by atoms with Crippen molar-refractivity contribution in [3.8, 4) is 29.1 Å². The lowest BCUT2D eigenvalue weighted by Gasteiger charge is -2.35. The van der Waals surface area contributed by atoms with Crippen LogP contribution in [0.3, 0.4) is 0 Å². The summed E-state index contributed by atoms with van der Waals surface area (Å²) >= 11 is 0. The number of nitriles is 1. The van der Waals surface area contributed by atoms with Crippen LogP contribution in [0.5, 0.6) is 11.8 Å². The van der Waals surface area contributed by atoms with E-state index in [2.05, 4.69) is 20.9 Å². The summed E-state index contributed by atoms with van der Waals surface area (Å²) in [5, 5.41) is 11.2. The van der Waals surface area contributed by atoms with Gasteiger partial charge in [0.2, 0.25) is 0 Å². The van der Waals surface area contributed by atoms with Gasteiger partial charge in [0.25, 0.3) is 6.47 Å². The molecule has 6 heterocycles. The Morgan fingerprint density at radius 1 is 1.03 bits per heavy atom. The van der Waals surface area contributed by atoms with Gasteiger partial charge in [0.15, 0.2) is 5.82 Å². The second-order valence-corrected chi connectivity index (χ2v) is 17.5. The standard InChI is InChI=1S/C47H47F4N7O5/c1-29-17-32(48)23-57(22-29)43-37-21-53-41(40(51)42(37)54-44(55-43)62-27-47-12-6-14-58(47)24-33(49)20-47)36-19-34(18-30-10-11-38(50)35(39(30)36)9-5-16-61-28-59)63-45(60)56-15-13-46(25-52,26-56)31-7-3-2-4-8-31/h2-4,7-8,10-11,18-19,21,28-29,32-33H,5-6,9,12-17,20,22-24,26-27H2,1H3/t29?,32-,33-,46?,47+/m1/s1. The number of rotatable bonds is 12. The molecular formula is C47H47F4N7O5. The summed E-state index contributed by atoms with van der Waals surface area (Å²) in [7, 11) is 0. The number of aromatic nitrogens is 3. The highest BCUT2D eigenvalue weighted by atomic mass is 19.1. The normalized spacial score (nSPS) is 24.7. The van der Waals surface area contributed by atoms with Crippen molar-refractivity contribution >= 4 is 40.1 Å². The van der Waals surface area contributed by atoms with E-state index in [0.717, 1.165) is 24.9 Å². The molecule has 9 rings (SSSR count). The van der Waals surface area contributed by atoms with Crippen molar-refractivity contribution in [3.63, 3.8) is 0 Å². The van der Waals surface area contributed by atoms with Gasteiger partial charge in [-0.1, -0.05) is 43.3 Å². The molecule has 12 nitrogen and oxygen atoms in total. The van der Waals surface area contributed by atoms with Crippen LogP contribution in [0.4, 0.5) is 28.2 Å². The highest BCUT2D eigenvalue weighted by molar-refractivity contribution is 6.02. The molecule has 4 fully saturated rings. The van der Waals surface area contributed by atoms with Crippen LogP contribution in [0.15, 0.2) is 60.8 Å². The maximum absolute atomic E-state index is 17.6. The molecule has 0 aliphatic carbocycles. The highest BCUT2D eigenvalue weighted by Crippen LogP contribution is 2.43. The van der Waals surface area contributed by atoms with Crippen molar-refractivity contribution in [2.45, 2.75) is 75.2 Å². The summed E-state index contributed by atoms with van der Waals surface area (Å²) in [5.74, 6) is -1.27. The van der Waals surface area contributed by atoms with Gasteiger partial charge in [-0.05, 0) is 91.1 Å². The molecule has 0 N–H and O–H groups in total. The summed E-state index contributed by atoms with van der Waals surface area (Å²) in [5.41, 5.74) is -0.824. The molecule has 0 radical (unpaired) electrons. The SMILES string of the molecule is CC1C[C@@H](F)CN(c2nc(OC[C@@]34CCCN3C[C@H](F)C4)nc3c(F)c(-c4cc(OC(=O)N5CCC(C#N)(c6ccccc6)C5)cc5ccc(F)c(CCCOC=O)c45)ncc23)C1. The molecular weight excluding hydrogens is 819 g/mol. The number of hydrogen-bond donors (Lipinski definition) is 0. The predicted molar refractivity (Wildman–Crippen MR) is 226 cm³/mol. The zero-order valence-corrected chi connectivity index (χ0v) is 34.9. The van der Waals surface area contributed by atoms with Crippen molar-refractivity contribution in [2.75, 3.05) is 57.4 Å². The van der Waals surface area contributed by atoms with Crippen LogP contribution in [0, 0.1) is 28.9 Å². The summed E-state index contributed by atoms with van der Waals surface area (Å²) in [6.07, 6.45) is 1.51. The van der Waals surface area contributed by atoms with E-state index in [0.29, 0.717) is 49.6 Å². The van der Waals surface area contributed by atoms with Crippen LogP contribution in [-0.2, 0) is 21.4 Å². The molecule has 5 atom stereocenters. The Balaban J connectivity index is 1.14. The van der Waals surface area contributed by atoms with Crippen LogP contribution in [0.25, 0.3) is 32.9 Å². The maximum Gasteiger partial charge on any atom is 0.415 e. The van der Waals surface area contributed by atoms with E-state index in [1.807, 2.05) is 37.3 Å². The minimum atomic E-state index is -1.16. The van der Waals surface area contributed by atoms with E-state index in [4.69, 9.17) is 19.2 Å². The number of pyridine rings is 1. The first-order valence-corrected chi connectivity index (χ1v) is 21.5. The number of carbonyl (C=O) groups is 2. The van der Waals surface area contributed by atoms with Crippen LogP contribution < -0.4 is 14.4 Å². The smallest absolute Gasteiger partial charge is 0.415 e. The van der Waals surface area contributed by atoms with E-state index in [1.165, 1.54) is 29.3 Å². The summed E-state index contributed by atoms with van der Waals surface area (Å²) in [4.78, 5) is 43.9. The lowest BCUT2D eigenvalue weighted by molar-refractivity contribution is -0.128. The number of aryl methyl sites for hydroxylation is 1. The van der Waals surface area contributed by atoms with E-state index in [-0.39, 0.29) is 96.9 Å². The number of likely N-dealkylation sites (tertiary alicyclic amines) is 1. The molecule has 2 unspecified atom stereocenters. The Labute approximate surface area is 361 Å². The molecule has 16 heteroatoms. The fourth-order valence-corrected chi connectivity index (χ4v) is 10.2. The van der Waals surface area contributed by atoms with Crippen LogP contribution in [0.1, 0.15) is 56.6 Å². The van der Waals surface area contributed by atoms with Gasteiger partial charge in [-0.25, -0.2) is 22.4 Å². The number of hydrogen-bond acceptors (Lipinski definition) is 11. The summed E-state index contributed by atoms with van der Waals surface area (Å²) in [6, 6.07) is 17.2. The molecule has 0 bridgehead atoms. The lowest BCUT2D eigenvalue weighted by Crippen LogP contribution is -2.43. The number of nitrogens with zero attached hydrogens (tertiary/aromatic N) is 7. The van der Waals surface area contributed by atoms with Crippen molar-refractivity contribution in [2.24, 2.45) is 5.92 Å². The van der Waals surface area contributed by atoms with Gasteiger partial charge in [0, 0.05) is 44.4 Å². The van der Waals surface area contributed by atoms with Crippen molar-refractivity contribution < 1.29 is 41.4 Å². The fourth-order valence-electron chi connectivity index (χ4n) is 10.2. The lowest BCUT2D eigenvalue weighted by atomic mass is 9.81. The average Bonchev–Trinajstić information content (AvgIpc) is 3.98. The Morgan fingerprint density at radius 3 is 2.67 bits per heavy atom. The number of ether oxygens (including phenoxy) is 3. The number of halogens is 4. The Morgan fingerprint density at radius 2 is 1.87 bits per heavy atom. The van der Waals surface area contributed by atoms with Crippen LogP contribution >= 0.6 is 0 Å². The Bertz CT molecular complexity index is 2590. The molecule has 328 valence electrons. The molecule has 4 saturated heterocycles. The molecule has 0 saturated carbocycles. The number of carbonyl (C=O) groups excluding carboxylic acids is 2. The number of anilines is 1. The third-order valence-corrected chi connectivity index (χ3v) is 13.2. The van der Waals surface area contributed by atoms with Crippen LogP contribution in [-0.4, -0.2) is 108 Å². The van der Waals surface area contributed by atoms with Crippen molar-refractivity contribution in [1.29, 1.82) is 5.26 Å². The number of alkyl halides is 2.